The van der Waals surface area contributed by atoms with Crippen LogP contribution in [0.15, 0.2) is 16.7 Å². The van der Waals surface area contributed by atoms with Gasteiger partial charge in [-0.3, -0.25) is 0 Å². The average molecular weight is 328 g/mol. The average Bonchev–Trinajstić information content (AvgIpc) is 2.89. The number of hydrogen-bond acceptors (Lipinski definition) is 4. The van der Waals surface area contributed by atoms with E-state index in [0.717, 1.165) is 36.5 Å². The predicted octanol–water partition coefficient (Wildman–Crippen LogP) is 2.57. The summed E-state index contributed by atoms with van der Waals surface area (Å²) >= 11 is 3.50. The molecule has 5 heteroatoms. The van der Waals surface area contributed by atoms with Crippen molar-refractivity contribution in [2.75, 3.05) is 25.2 Å². The summed E-state index contributed by atoms with van der Waals surface area (Å²) in [5.41, 5.74) is 1.22. The lowest BCUT2D eigenvalue weighted by Crippen LogP contribution is -2.34. The van der Waals surface area contributed by atoms with Gasteiger partial charge in [-0.05, 0) is 28.4 Å². The van der Waals surface area contributed by atoms with Crippen molar-refractivity contribution in [3.63, 3.8) is 0 Å². The van der Waals surface area contributed by atoms with Crippen molar-refractivity contribution in [2.45, 2.75) is 38.9 Å². The zero-order valence-electron chi connectivity index (χ0n) is 11.8. The monoisotopic (exact) mass is 327 g/mol. The van der Waals surface area contributed by atoms with Crippen molar-refractivity contribution in [1.82, 2.24) is 10.3 Å². The first kappa shape index (κ1) is 14.8. The molecule has 1 saturated heterocycles. The molecule has 1 fully saturated rings. The Labute approximate surface area is 123 Å². The van der Waals surface area contributed by atoms with Crippen molar-refractivity contribution in [2.24, 2.45) is 0 Å². The lowest BCUT2D eigenvalue weighted by molar-refractivity contribution is 0.193. The highest BCUT2D eigenvalue weighted by molar-refractivity contribution is 9.10. The van der Waals surface area contributed by atoms with E-state index in [2.05, 4.69) is 58.1 Å². The van der Waals surface area contributed by atoms with Gasteiger partial charge in [0.15, 0.2) is 0 Å². The fourth-order valence-electron chi connectivity index (χ4n) is 2.24. The molecular weight excluding hydrogens is 306 g/mol. The summed E-state index contributed by atoms with van der Waals surface area (Å²) in [5.74, 6) is 1.05. The van der Waals surface area contributed by atoms with Gasteiger partial charge in [-0.15, -0.1) is 0 Å². The maximum atomic E-state index is 5.47. The van der Waals surface area contributed by atoms with E-state index in [0.29, 0.717) is 12.1 Å². The first-order chi connectivity index (χ1) is 9.08. The van der Waals surface area contributed by atoms with Crippen LogP contribution in [0.4, 0.5) is 5.82 Å². The van der Waals surface area contributed by atoms with Crippen molar-refractivity contribution in [3.8, 4) is 0 Å². The van der Waals surface area contributed by atoms with Gasteiger partial charge >= 0.3 is 0 Å². The molecule has 2 heterocycles. The Morgan fingerprint density at radius 2 is 2.37 bits per heavy atom. The molecule has 1 aliphatic rings. The molecule has 0 bridgehead atoms. The van der Waals surface area contributed by atoms with E-state index in [1.807, 2.05) is 6.20 Å². The molecule has 0 spiro atoms. The molecule has 4 nitrogen and oxygen atoms in total. The summed E-state index contributed by atoms with van der Waals surface area (Å²) in [4.78, 5) is 6.83. The van der Waals surface area contributed by atoms with Crippen molar-refractivity contribution in [1.29, 1.82) is 0 Å². The van der Waals surface area contributed by atoms with Crippen molar-refractivity contribution < 1.29 is 4.74 Å². The second-order valence-corrected chi connectivity index (χ2v) is 6.22. The molecule has 1 unspecified atom stereocenters. The van der Waals surface area contributed by atoms with Crippen LogP contribution >= 0.6 is 15.9 Å². The Kier molecular flexibility index (Phi) is 5.19. The van der Waals surface area contributed by atoms with Crippen LogP contribution in [0.2, 0.25) is 0 Å². The van der Waals surface area contributed by atoms with Gasteiger partial charge in [-0.2, -0.15) is 0 Å². The zero-order chi connectivity index (χ0) is 13.8. The molecular formula is C14H22BrN3O. The van der Waals surface area contributed by atoms with Crippen LogP contribution in [-0.4, -0.2) is 37.3 Å². The molecule has 0 amide bonds. The minimum Gasteiger partial charge on any atom is -0.379 e. The molecule has 1 aliphatic heterocycles. The van der Waals surface area contributed by atoms with Gasteiger partial charge < -0.3 is 15.0 Å². The van der Waals surface area contributed by atoms with E-state index >= 15 is 0 Å². The Morgan fingerprint density at radius 3 is 3.00 bits per heavy atom. The minimum absolute atomic E-state index is 0.437. The fraction of sp³-hybridized carbons (Fsp3) is 0.643. The molecule has 0 radical (unpaired) electrons. The summed E-state index contributed by atoms with van der Waals surface area (Å²) < 4.78 is 6.49. The zero-order valence-corrected chi connectivity index (χ0v) is 13.4. The predicted molar refractivity (Wildman–Crippen MR) is 81.5 cm³/mol. The third-order valence-corrected chi connectivity index (χ3v) is 3.83. The Hall–Kier alpha value is -0.650. The molecule has 1 N–H and O–H groups in total. The van der Waals surface area contributed by atoms with Gasteiger partial charge in [-0.25, -0.2) is 4.98 Å². The summed E-state index contributed by atoms with van der Waals surface area (Å²) in [7, 11) is 2.11. The maximum absolute atomic E-state index is 5.47. The second kappa shape index (κ2) is 6.68. The molecule has 1 atom stereocenters. The highest BCUT2D eigenvalue weighted by Gasteiger charge is 2.23. The number of aromatic nitrogens is 1. The van der Waals surface area contributed by atoms with Crippen LogP contribution in [0, 0.1) is 0 Å². The van der Waals surface area contributed by atoms with Crippen LogP contribution in [0.25, 0.3) is 0 Å². The molecule has 19 heavy (non-hydrogen) atoms. The number of pyridine rings is 1. The van der Waals surface area contributed by atoms with Crippen LogP contribution in [0.5, 0.6) is 0 Å². The van der Waals surface area contributed by atoms with E-state index in [-0.39, 0.29) is 0 Å². The van der Waals surface area contributed by atoms with E-state index in [1.54, 1.807) is 0 Å². The molecule has 1 aromatic heterocycles. The van der Waals surface area contributed by atoms with E-state index < -0.39 is 0 Å². The number of anilines is 1. The first-order valence-electron chi connectivity index (χ1n) is 6.76. The topological polar surface area (TPSA) is 37.4 Å². The van der Waals surface area contributed by atoms with Crippen LogP contribution in [-0.2, 0) is 11.3 Å². The van der Waals surface area contributed by atoms with E-state index in [4.69, 9.17) is 4.74 Å². The van der Waals surface area contributed by atoms with Crippen LogP contribution in [0.3, 0.4) is 0 Å². The fourth-order valence-corrected chi connectivity index (χ4v) is 2.61. The summed E-state index contributed by atoms with van der Waals surface area (Å²) in [6.45, 7) is 6.78. The summed E-state index contributed by atoms with van der Waals surface area (Å²) in [6, 6.07) is 3.04. The molecule has 2 rings (SSSR count). The molecule has 1 aromatic rings. The Bertz CT molecular complexity index is 419. The molecule has 0 aliphatic carbocycles. The number of hydrogen-bond donors (Lipinski definition) is 1. The minimum atomic E-state index is 0.437. The lowest BCUT2D eigenvalue weighted by atomic mass is 10.2. The second-order valence-electron chi connectivity index (χ2n) is 5.30. The number of nitrogens with zero attached hydrogens (tertiary/aromatic N) is 2. The van der Waals surface area contributed by atoms with Crippen LogP contribution in [0.1, 0.15) is 25.8 Å². The number of rotatable bonds is 5. The van der Waals surface area contributed by atoms with Gasteiger partial charge in [-0.1, -0.05) is 13.8 Å². The molecule has 0 saturated carbocycles. The first-order valence-corrected chi connectivity index (χ1v) is 7.55. The van der Waals surface area contributed by atoms with Gasteiger partial charge in [0.25, 0.3) is 0 Å². The number of halogens is 1. The van der Waals surface area contributed by atoms with Crippen molar-refractivity contribution in [3.05, 3.63) is 22.3 Å². The standard InChI is InChI=1S/C14H22BrN3O/c1-10(2)16-7-11-6-12(15)8-17-14(11)18(3)13-4-5-19-9-13/h6,8,10,13,16H,4-5,7,9H2,1-3H3. The molecule has 0 aromatic carbocycles. The Balaban J connectivity index is 2.17. The number of likely N-dealkylation sites (N-methyl/N-ethyl adjacent to an activating group) is 1. The number of nitrogens with one attached hydrogen (secondary N) is 1. The quantitative estimate of drug-likeness (QED) is 0.901. The largest absolute Gasteiger partial charge is 0.379 e. The summed E-state index contributed by atoms with van der Waals surface area (Å²) in [5, 5.41) is 3.46. The lowest BCUT2D eigenvalue weighted by Gasteiger charge is -2.27. The van der Waals surface area contributed by atoms with Gasteiger partial charge in [0.05, 0.1) is 12.6 Å². The normalized spacial score (nSPS) is 19.1. The number of ether oxygens (including phenoxy) is 1. The highest BCUT2D eigenvalue weighted by Crippen LogP contribution is 2.24. The highest BCUT2D eigenvalue weighted by atomic mass is 79.9. The van der Waals surface area contributed by atoms with Gasteiger partial charge in [0.1, 0.15) is 5.82 Å². The smallest absolute Gasteiger partial charge is 0.133 e. The maximum Gasteiger partial charge on any atom is 0.133 e. The third kappa shape index (κ3) is 3.91. The van der Waals surface area contributed by atoms with Crippen molar-refractivity contribution >= 4 is 21.7 Å². The van der Waals surface area contributed by atoms with Crippen LogP contribution < -0.4 is 10.2 Å². The van der Waals surface area contributed by atoms with E-state index in [1.165, 1.54) is 5.56 Å². The van der Waals surface area contributed by atoms with Gasteiger partial charge in [0.2, 0.25) is 0 Å². The SMILES string of the molecule is CC(C)NCc1cc(Br)cnc1N(C)C1CCOC1. The summed E-state index contributed by atoms with van der Waals surface area (Å²) in [6.07, 6.45) is 2.94. The van der Waals surface area contributed by atoms with Gasteiger partial charge in [0, 0.05) is 42.5 Å². The van der Waals surface area contributed by atoms with E-state index in [9.17, 15) is 0 Å². The molecule has 106 valence electrons. The third-order valence-electron chi connectivity index (χ3n) is 3.40. The Morgan fingerprint density at radius 1 is 1.58 bits per heavy atom.